The first-order valence-corrected chi connectivity index (χ1v) is 5.61. The molecule has 3 aromatic heterocycles. The van der Waals surface area contributed by atoms with Crippen molar-refractivity contribution in [3.63, 3.8) is 0 Å². The van der Waals surface area contributed by atoms with E-state index < -0.39 is 0 Å². The van der Waals surface area contributed by atoms with Gasteiger partial charge in [-0.15, -0.1) is 0 Å². The van der Waals surface area contributed by atoms with Crippen LogP contribution < -0.4 is 0 Å². The molecule has 0 amide bonds. The molecular formula is C9H5BrClN5. The third-order valence-electron chi connectivity index (χ3n) is 2.10. The first-order valence-electron chi connectivity index (χ1n) is 4.44. The van der Waals surface area contributed by atoms with Gasteiger partial charge < -0.3 is 4.40 Å². The Morgan fingerprint density at radius 1 is 1.31 bits per heavy atom. The van der Waals surface area contributed by atoms with E-state index in [0.717, 1.165) is 5.65 Å². The molecule has 0 saturated heterocycles. The van der Waals surface area contributed by atoms with E-state index in [-0.39, 0.29) is 0 Å². The third kappa shape index (κ3) is 1.50. The Kier molecular flexibility index (Phi) is 2.19. The smallest absolute Gasteiger partial charge is 0.198 e. The van der Waals surface area contributed by atoms with Crippen LogP contribution in [0.25, 0.3) is 11.5 Å². The highest BCUT2D eigenvalue weighted by molar-refractivity contribution is 9.10. The summed E-state index contributed by atoms with van der Waals surface area (Å²) in [4.78, 5) is 8.55. The highest BCUT2D eigenvalue weighted by Gasteiger charge is 2.09. The van der Waals surface area contributed by atoms with Crippen LogP contribution in [0, 0.1) is 0 Å². The fourth-order valence-electron chi connectivity index (χ4n) is 1.46. The molecule has 0 aliphatic rings. The van der Waals surface area contributed by atoms with E-state index in [1.54, 1.807) is 23.3 Å². The number of imidazole rings is 1. The molecule has 16 heavy (non-hydrogen) atoms. The number of aromatic nitrogens is 5. The molecule has 0 saturated carbocycles. The molecule has 5 nitrogen and oxygen atoms in total. The molecule has 0 aliphatic carbocycles. The molecule has 0 aliphatic heterocycles. The van der Waals surface area contributed by atoms with Crippen LogP contribution >= 0.6 is 27.5 Å². The second-order valence-electron chi connectivity index (χ2n) is 3.15. The molecule has 0 atom stereocenters. The highest BCUT2D eigenvalue weighted by atomic mass is 79.9. The van der Waals surface area contributed by atoms with Crippen molar-refractivity contribution in [2.75, 3.05) is 0 Å². The zero-order chi connectivity index (χ0) is 11.1. The Labute approximate surface area is 104 Å². The van der Waals surface area contributed by atoms with Gasteiger partial charge >= 0.3 is 0 Å². The fourth-order valence-corrected chi connectivity index (χ4v) is 1.98. The maximum atomic E-state index is 5.83. The van der Waals surface area contributed by atoms with Gasteiger partial charge in [-0.2, -0.15) is 5.10 Å². The number of hydrogen-bond acceptors (Lipinski definition) is 3. The Morgan fingerprint density at radius 2 is 2.19 bits per heavy atom. The first-order chi connectivity index (χ1) is 7.74. The molecule has 0 bridgehead atoms. The van der Waals surface area contributed by atoms with Crippen molar-refractivity contribution < 1.29 is 0 Å². The zero-order valence-corrected chi connectivity index (χ0v) is 10.2. The third-order valence-corrected chi connectivity index (χ3v) is 2.67. The van der Waals surface area contributed by atoms with E-state index in [2.05, 4.69) is 31.0 Å². The van der Waals surface area contributed by atoms with Crippen molar-refractivity contribution >= 4 is 33.2 Å². The predicted octanol–water partition coefficient (Wildman–Crippen LogP) is 2.33. The van der Waals surface area contributed by atoms with E-state index in [0.29, 0.717) is 15.4 Å². The van der Waals surface area contributed by atoms with Crippen molar-refractivity contribution in [3.05, 3.63) is 40.6 Å². The Morgan fingerprint density at radius 3 is 2.94 bits per heavy atom. The second-order valence-corrected chi connectivity index (χ2v) is 4.40. The maximum Gasteiger partial charge on any atom is 0.198 e. The summed E-state index contributed by atoms with van der Waals surface area (Å²) in [5, 5.41) is 4.67. The number of halogens is 2. The lowest BCUT2D eigenvalue weighted by Gasteiger charge is -2.03. The van der Waals surface area contributed by atoms with Crippen LogP contribution in [0.3, 0.4) is 0 Å². The molecule has 7 heteroatoms. The van der Waals surface area contributed by atoms with Crippen LogP contribution in [0.15, 0.2) is 35.6 Å². The first kappa shape index (κ1) is 9.80. The molecule has 0 fully saturated rings. The van der Waals surface area contributed by atoms with Gasteiger partial charge in [0.25, 0.3) is 0 Å². The van der Waals surface area contributed by atoms with Crippen LogP contribution in [0.5, 0.6) is 0 Å². The molecule has 0 N–H and O–H groups in total. The number of nitrogens with zero attached hydrogens (tertiary/aromatic N) is 5. The quantitative estimate of drug-likeness (QED) is 0.693. The average Bonchev–Trinajstić information content (AvgIpc) is 2.84. The molecule has 80 valence electrons. The van der Waals surface area contributed by atoms with Gasteiger partial charge in [-0.05, 0) is 15.9 Å². The zero-order valence-electron chi connectivity index (χ0n) is 7.88. The number of fused-ring (bicyclic) bond motifs is 1. The summed E-state index contributed by atoms with van der Waals surface area (Å²) in [6.07, 6.45) is 8.62. The van der Waals surface area contributed by atoms with Gasteiger partial charge in [0, 0.05) is 18.6 Å². The lowest BCUT2D eigenvalue weighted by atomic mass is 10.6. The predicted molar refractivity (Wildman–Crippen MR) is 62.8 cm³/mol. The van der Waals surface area contributed by atoms with E-state index >= 15 is 0 Å². The van der Waals surface area contributed by atoms with Crippen molar-refractivity contribution in [3.8, 4) is 5.82 Å². The largest absolute Gasteiger partial charge is 0.301 e. The van der Waals surface area contributed by atoms with Gasteiger partial charge in [-0.25, -0.2) is 14.6 Å². The summed E-state index contributed by atoms with van der Waals surface area (Å²) in [6.45, 7) is 0. The average molecular weight is 299 g/mol. The van der Waals surface area contributed by atoms with E-state index in [1.165, 1.54) is 0 Å². The van der Waals surface area contributed by atoms with Gasteiger partial charge in [0.05, 0.1) is 17.4 Å². The Balaban J connectivity index is 2.33. The van der Waals surface area contributed by atoms with Crippen LogP contribution in [-0.4, -0.2) is 24.1 Å². The van der Waals surface area contributed by atoms with Gasteiger partial charge in [-0.3, -0.25) is 0 Å². The lowest BCUT2D eigenvalue weighted by Crippen LogP contribution is -2.02. The highest BCUT2D eigenvalue weighted by Crippen LogP contribution is 2.17. The molecule has 3 rings (SSSR count). The normalized spacial score (nSPS) is 11.1. The summed E-state index contributed by atoms with van der Waals surface area (Å²) >= 11 is 9.16. The molecule has 0 aromatic carbocycles. The Bertz CT molecular complexity index is 659. The van der Waals surface area contributed by atoms with E-state index in [1.807, 2.05) is 16.8 Å². The Hall–Kier alpha value is -1.40. The van der Waals surface area contributed by atoms with Gasteiger partial charge in [0.2, 0.25) is 0 Å². The van der Waals surface area contributed by atoms with Crippen molar-refractivity contribution in [1.82, 2.24) is 24.1 Å². The van der Waals surface area contributed by atoms with Crippen molar-refractivity contribution in [2.45, 2.75) is 0 Å². The molecule has 3 heterocycles. The van der Waals surface area contributed by atoms with Crippen LogP contribution in [0.4, 0.5) is 0 Å². The number of rotatable bonds is 1. The van der Waals surface area contributed by atoms with Crippen molar-refractivity contribution in [1.29, 1.82) is 0 Å². The van der Waals surface area contributed by atoms with E-state index in [9.17, 15) is 0 Å². The topological polar surface area (TPSA) is 48.0 Å². The summed E-state index contributed by atoms with van der Waals surface area (Å²) in [7, 11) is 0. The molecule has 0 radical (unpaired) electrons. The summed E-state index contributed by atoms with van der Waals surface area (Å²) < 4.78 is 4.16. The summed E-state index contributed by atoms with van der Waals surface area (Å²) in [5.74, 6) is 0.631. The minimum absolute atomic E-state index is 0.562. The fraction of sp³-hybridized carbons (Fsp3) is 0. The molecule has 3 aromatic rings. The minimum atomic E-state index is 0.562. The number of hydrogen-bond donors (Lipinski definition) is 0. The SMILES string of the molecule is Clc1cnn(-c2nc(Br)cn3ccnc23)c1. The monoisotopic (exact) mass is 297 g/mol. The van der Waals surface area contributed by atoms with Gasteiger partial charge in [0.15, 0.2) is 11.5 Å². The minimum Gasteiger partial charge on any atom is -0.301 e. The standard InChI is InChI=1S/C9H5BrClN5/c10-7-5-15-2-1-12-8(15)9(14-7)16-4-6(11)3-13-16/h1-5H. The second kappa shape index (κ2) is 3.57. The van der Waals surface area contributed by atoms with Gasteiger partial charge in [0.1, 0.15) is 4.60 Å². The van der Waals surface area contributed by atoms with Crippen LogP contribution in [-0.2, 0) is 0 Å². The van der Waals surface area contributed by atoms with Crippen LogP contribution in [0.1, 0.15) is 0 Å². The lowest BCUT2D eigenvalue weighted by molar-refractivity contribution is 0.837. The van der Waals surface area contributed by atoms with Crippen LogP contribution in [0.2, 0.25) is 5.02 Å². The summed E-state index contributed by atoms with van der Waals surface area (Å²) in [6, 6.07) is 0. The molecule has 0 spiro atoms. The van der Waals surface area contributed by atoms with Gasteiger partial charge in [-0.1, -0.05) is 11.6 Å². The molecular weight excluding hydrogens is 293 g/mol. The summed E-state index contributed by atoms with van der Waals surface area (Å²) in [5.41, 5.74) is 0.725. The van der Waals surface area contributed by atoms with Crippen molar-refractivity contribution in [2.24, 2.45) is 0 Å². The molecule has 0 unspecified atom stereocenters. The van der Waals surface area contributed by atoms with E-state index in [4.69, 9.17) is 11.6 Å². The maximum absolute atomic E-state index is 5.83.